The number of carbonyl (C=O) groups is 1. The lowest BCUT2D eigenvalue weighted by Crippen LogP contribution is -2.34. The van der Waals surface area contributed by atoms with E-state index < -0.39 is 10.0 Å². The molecule has 27 heavy (non-hydrogen) atoms. The van der Waals surface area contributed by atoms with Gasteiger partial charge in [0.05, 0.1) is 17.5 Å². The minimum Gasteiger partial charge on any atom is -0.352 e. The molecule has 0 bridgehead atoms. The van der Waals surface area contributed by atoms with E-state index in [1.54, 1.807) is 36.8 Å². The number of para-hydroxylation sites is 1. The summed E-state index contributed by atoms with van der Waals surface area (Å²) in [6, 6.07) is 12.6. The molecule has 0 aliphatic carbocycles. The molecule has 0 unspecified atom stereocenters. The average molecular weight is 384 g/mol. The first-order chi connectivity index (χ1) is 12.9. The monoisotopic (exact) mass is 384 g/mol. The SMILES string of the molecule is CS(=O)(=O)N(CCC(=O)NCc1ccncc1)c1cccc2cccnc12. The third-order valence-corrected chi connectivity index (χ3v) is 5.24. The molecule has 2 aromatic heterocycles. The van der Waals surface area contributed by atoms with Crippen molar-refractivity contribution < 1.29 is 13.2 Å². The van der Waals surface area contributed by atoms with Crippen LogP contribution < -0.4 is 9.62 Å². The second kappa shape index (κ2) is 8.13. The Hall–Kier alpha value is -3.00. The quantitative estimate of drug-likeness (QED) is 0.673. The highest BCUT2D eigenvalue weighted by molar-refractivity contribution is 7.92. The Bertz CT molecular complexity index is 1030. The van der Waals surface area contributed by atoms with Crippen LogP contribution in [-0.4, -0.2) is 37.1 Å². The van der Waals surface area contributed by atoms with Crippen molar-refractivity contribution in [3.63, 3.8) is 0 Å². The summed E-state index contributed by atoms with van der Waals surface area (Å²) in [6.45, 7) is 0.409. The number of amides is 1. The van der Waals surface area contributed by atoms with E-state index >= 15 is 0 Å². The van der Waals surface area contributed by atoms with Crippen LogP contribution in [0.1, 0.15) is 12.0 Å². The molecule has 3 rings (SSSR count). The van der Waals surface area contributed by atoms with E-state index in [0.717, 1.165) is 17.2 Å². The van der Waals surface area contributed by atoms with Crippen LogP contribution in [0.15, 0.2) is 61.1 Å². The number of hydrogen-bond acceptors (Lipinski definition) is 5. The van der Waals surface area contributed by atoms with Gasteiger partial charge in [-0.15, -0.1) is 0 Å². The Morgan fingerprint density at radius 2 is 1.81 bits per heavy atom. The van der Waals surface area contributed by atoms with E-state index in [1.807, 2.05) is 24.3 Å². The zero-order valence-electron chi connectivity index (χ0n) is 14.9. The number of sulfonamides is 1. The Morgan fingerprint density at radius 1 is 1.07 bits per heavy atom. The molecule has 0 spiro atoms. The van der Waals surface area contributed by atoms with E-state index in [1.165, 1.54) is 4.31 Å². The molecule has 0 radical (unpaired) electrons. The van der Waals surface area contributed by atoms with Crippen LogP contribution in [0.2, 0.25) is 0 Å². The van der Waals surface area contributed by atoms with Gasteiger partial charge in [0, 0.05) is 43.5 Å². The molecule has 0 saturated carbocycles. The van der Waals surface area contributed by atoms with Crippen LogP contribution >= 0.6 is 0 Å². The van der Waals surface area contributed by atoms with E-state index in [-0.39, 0.29) is 18.9 Å². The van der Waals surface area contributed by atoms with Crippen molar-refractivity contribution in [3.05, 3.63) is 66.6 Å². The number of benzene rings is 1. The number of anilines is 1. The second-order valence-corrected chi connectivity index (χ2v) is 7.98. The number of hydrogen-bond donors (Lipinski definition) is 1. The van der Waals surface area contributed by atoms with Gasteiger partial charge in [0.25, 0.3) is 0 Å². The van der Waals surface area contributed by atoms with E-state index in [4.69, 9.17) is 0 Å². The van der Waals surface area contributed by atoms with Gasteiger partial charge in [0.1, 0.15) is 0 Å². The fourth-order valence-electron chi connectivity index (χ4n) is 2.75. The molecule has 0 fully saturated rings. The Kier molecular flexibility index (Phi) is 5.66. The third kappa shape index (κ3) is 4.79. The van der Waals surface area contributed by atoms with E-state index in [2.05, 4.69) is 15.3 Å². The Labute approximate surface area is 158 Å². The molecule has 1 amide bonds. The Morgan fingerprint density at radius 3 is 2.56 bits per heavy atom. The van der Waals surface area contributed by atoms with Gasteiger partial charge in [0.15, 0.2) is 0 Å². The van der Waals surface area contributed by atoms with Gasteiger partial charge >= 0.3 is 0 Å². The molecule has 2 heterocycles. The van der Waals surface area contributed by atoms with Gasteiger partial charge in [-0.1, -0.05) is 18.2 Å². The maximum absolute atomic E-state index is 12.3. The molecule has 140 valence electrons. The fourth-order valence-corrected chi connectivity index (χ4v) is 3.67. The summed E-state index contributed by atoms with van der Waals surface area (Å²) in [4.78, 5) is 20.4. The lowest BCUT2D eigenvalue weighted by Gasteiger charge is -2.23. The number of nitrogens with one attached hydrogen (secondary N) is 1. The van der Waals surface area contributed by atoms with Crippen LogP contribution in [-0.2, 0) is 21.4 Å². The zero-order chi connectivity index (χ0) is 19.3. The topological polar surface area (TPSA) is 92.3 Å². The van der Waals surface area contributed by atoms with Crippen molar-refractivity contribution in [2.24, 2.45) is 0 Å². The zero-order valence-corrected chi connectivity index (χ0v) is 15.7. The lowest BCUT2D eigenvalue weighted by molar-refractivity contribution is -0.121. The molecule has 1 N–H and O–H groups in total. The van der Waals surface area contributed by atoms with Crippen LogP contribution in [0.3, 0.4) is 0 Å². The normalized spacial score (nSPS) is 11.3. The highest BCUT2D eigenvalue weighted by Gasteiger charge is 2.21. The lowest BCUT2D eigenvalue weighted by atomic mass is 10.2. The molecule has 0 aliphatic heterocycles. The number of rotatable bonds is 7. The third-order valence-electron chi connectivity index (χ3n) is 4.06. The van der Waals surface area contributed by atoms with Crippen molar-refractivity contribution in [3.8, 4) is 0 Å². The molecule has 0 saturated heterocycles. The minimum absolute atomic E-state index is 0.0384. The molecule has 0 aliphatic rings. The minimum atomic E-state index is -3.57. The van der Waals surface area contributed by atoms with Gasteiger partial charge in [0.2, 0.25) is 15.9 Å². The molecular weight excluding hydrogens is 364 g/mol. The Balaban J connectivity index is 1.73. The number of nitrogens with zero attached hydrogens (tertiary/aromatic N) is 3. The van der Waals surface area contributed by atoms with E-state index in [9.17, 15) is 13.2 Å². The first-order valence-electron chi connectivity index (χ1n) is 8.42. The van der Waals surface area contributed by atoms with Crippen molar-refractivity contribution in [2.75, 3.05) is 17.1 Å². The maximum Gasteiger partial charge on any atom is 0.232 e. The number of aromatic nitrogens is 2. The summed E-state index contributed by atoms with van der Waals surface area (Å²) in [6.07, 6.45) is 6.10. The summed E-state index contributed by atoms with van der Waals surface area (Å²) >= 11 is 0. The van der Waals surface area contributed by atoms with E-state index in [0.29, 0.717) is 17.7 Å². The smallest absolute Gasteiger partial charge is 0.232 e. The fraction of sp³-hybridized carbons (Fsp3) is 0.211. The highest BCUT2D eigenvalue weighted by atomic mass is 32.2. The summed E-state index contributed by atoms with van der Waals surface area (Å²) < 4.78 is 25.9. The van der Waals surface area contributed by atoms with Crippen LogP contribution in [0.5, 0.6) is 0 Å². The predicted octanol–water partition coefficient (Wildman–Crippen LogP) is 2.10. The molecule has 7 nitrogen and oxygen atoms in total. The van der Waals surface area contributed by atoms with Crippen LogP contribution in [0.25, 0.3) is 10.9 Å². The van der Waals surface area contributed by atoms with Gasteiger partial charge in [-0.3, -0.25) is 19.1 Å². The van der Waals surface area contributed by atoms with Crippen LogP contribution in [0.4, 0.5) is 5.69 Å². The van der Waals surface area contributed by atoms with Crippen LogP contribution in [0, 0.1) is 0 Å². The second-order valence-electron chi connectivity index (χ2n) is 6.07. The van der Waals surface area contributed by atoms with Gasteiger partial charge in [-0.25, -0.2) is 8.42 Å². The molecule has 8 heteroatoms. The summed E-state index contributed by atoms with van der Waals surface area (Å²) in [5, 5.41) is 3.63. The van der Waals surface area contributed by atoms with Gasteiger partial charge in [-0.2, -0.15) is 0 Å². The molecular formula is C19H20N4O3S. The molecule has 1 aromatic carbocycles. The van der Waals surface area contributed by atoms with Crippen molar-refractivity contribution >= 4 is 32.5 Å². The highest BCUT2D eigenvalue weighted by Crippen LogP contribution is 2.26. The molecule has 3 aromatic rings. The largest absolute Gasteiger partial charge is 0.352 e. The predicted molar refractivity (Wildman–Crippen MR) is 105 cm³/mol. The number of fused-ring (bicyclic) bond motifs is 1. The number of pyridine rings is 2. The van der Waals surface area contributed by atoms with Crippen molar-refractivity contribution in [1.29, 1.82) is 0 Å². The first kappa shape index (κ1) is 18.8. The molecule has 0 atom stereocenters. The summed E-state index contributed by atoms with van der Waals surface area (Å²) in [5.74, 6) is -0.228. The van der Waals surface area contributed by atoms with Crippen molar-refractivity contribution in [1.82, 2.24) is 15.3 Å². The number of carbonyl (C=O) groups excluding carboxylic acids is 1. The summed E-state index contributed by atoms with van der Waals surface area (Å²) in [7, 11) is -3.57. The first-order valence-corrected chi connectivity index (χ1v) is 10.3. The van der Waals surface area contributed by atoms with Gasteiger partial charge in [-0.05, 0) is 29.8 Å². The summed E-state index contributed by atoms with van der Waals surface area (Å²) in [5.41, 5.74) is 1.98. The standard InChI is InChI=1S/C19H20N4O3S/c1-27(25,26)23(17-6-2-4-16-5-3-10-21-19(16)17)13-9-18(24)22-14-15-7-11-20-12-8-15/h2-8,10-12H,9,13-14H2,1H3,(H,22,24). The average Bonchev–Trinajstić information content (AvgIpc) is 2.66. The van der Waals surface area contributed by atoms with Gasteiger partial charge < -0.3 is 5.32 Å². The van der Waals surface area contributed by atoms with Crippen molar-refractivity contribution in [2.45, 2.75) is 13.0 Å². The maximum atomic E-state index is 12.3.